The Morgan fingerprint density at radius 2 is 2.00 bits per heavy atom. The highest BCUT2D eigenvalue weighted by atomic mass is 19.1. The smallest absolute Gasteiger partial charge is 0.131 e. The minimum absolute atomic E-state index is 0.178. The van der Waals surface area contributed by atoms with Crippen LogP contribution in [0.1, 0.15) is 44.6 Å². The molecule has 0 heterocycles. The fourth-order valence-corrected chi connectivity index (χ4v) is 3.15. The lowest BCUT2D eigenvalue weighted by molar-refractivity contribution is 0.140. The van der Waals surface area contributed by atoms with Gasteiger partial charge in [-0.1, -0.05) is 13.0 Å². The fourth-order valence-electron chi connectivity index (χ4n) is 3.15. The first-order valence-corrected chi connectivity index (χ1v) is 7.96. The molecule has 1 aromatic carbocycles. The number of methoxy groups -OCH3 is 1. The maximum absolute atomic E-state index is 14.1. The van der Waals surface area contributed by atoms with Gasteiger partial charge in [0.05, 0.1) is 7.11 Å². The Bertz CT molecular complexity index is 444. The van der Waals surface area contributed by atoms with Crippen LogP contribution < -0.4 is 10.5 Å². The molecule has 1 aliphatic rings. The summed E-state index contributed by atoms with van der Waals surface area (Å²) in [4.78, 5) is 2.41. The molecule has 21 heavy (non-hydrogen) atoms. The normalized spacial score (nSPS) is 22.5. The van der Waals surface area contributed by atoms with E-state index in [4.69, 9.17) is 10.5 Å². The molecule has 1 saturated carbocycles. The van der Waals surface area contributed by atoms with Crippen molar-refractivity contribution in [2.24, 2.45) is 5.73 Å². The molecule has 0 amide bonds. The van der Waals surface area contributed by atoms with Crippen LogP contribution in [0.25, 0.3) is 0 Å². The summed E-state index contributed by atoms with van der Waals surface area (Å²) in [6, 6.07) is 6.02. The molecule has 0 aliphatic heterocycles. The number of rotatable bonds is 6. The molecule has 2 rings (SSSR count). The summed E-state index contributed by atoms with van der Waals surface area (Å²) in [6.45, 7) is 3.85. The van der Waals surface area contributed by atoms with Crippen LogP contribution in [0, 0.1) is 5.82 Å². The summed E-state index contributed by atoms with van der Waals surface area (Å²) in [5.74, 6) is 0.393. The van der Waals surface area contributed by atoms with Crippen LogP contribution in [0.5, 0.6) is 5.75 Å². The Morgan fingerprint density at radius 3 is 2.57 bits per heavy atom. The van der Waals surface area contributed by atoms with Crippen LogP contribution in [-0.4, -0.2) is 30.6 Å². The molecule has 118 valence electrons. The van der Waals surface area contributed by atoms with Gasteiger partial charge < -0.3 is 10.5 Å². The largest absolute Gasteiger partial charge is 0.497 e. The van der Waals surface area contributed by atoms with Crippen LogP contribution in [-0.2, 0) is 6.54 Å². The summed E-state index contributed by atoms with van der Waals surface area (Å²) in [7, 11) is 1.56. The maximum atomic E-state index is 14.1. The summed E-state index contributed by atoms with van der Waals surface area (Å²) in [6.07, 6.45) is 5.49. The van der Waals surface area contributed by atoms with Crippen molar-refractivity contribution < 1.29 is 9.13 Å². The molecule has 0 radical (unpaired) electrons. The third-order valence-electron chi connectivity index (χ3n) is 4.40. The average molecular weight is 294 g/mol. The van der Waals surface area contributed by atoms with Gasteiger partial charge in [0.2, 0.25) is 0 Å². The van der Waals surface area contributed by atoms with Crippen LogP contribution >= 0.6 is 0 Å². The Kier molecular flexibility index (Phi) is 6.00. The molecule has 0 spiro atoms. The van der Waals surface area contributed by atoms with E-state index in [1.807, 2.05) is 12.1 Å². The monoisotopic (exact) mass is 294 g/mol. The predicted octanol–water partition coefficient (Wildman–Crippen LogP) is 3.32. The van der Waals surface area contributed by atoms with Crippen molar-refractivity contribution in [2.75, 3.05) is 13.7 Å². The molecule has 1 aromatic rings. The van der Waals surface area contributed by atoms with E-state index in [1.165, 1.54) is 6.07 Å². The van der Waals surface area contributed by atoms with E-state index in [0.29, 0.717) is 24.4 Å². The highest BCUT2D eigenvalue weighted by molar-refractivity contribution is 5.28. The van der Waals surface area contributed by atoms with E-state index in [-0.39, 0.29) is 5.82 Å². The van der Waals surface area contributed by atoms with Crippen molar-refractivity contribution in [1.29, 1.82) is 0 Å². The number of benzene rings is 1. The Balaban J connectivity index is 2.05. The van der Waals surface area contributed by atoms with Gasteiger partial charge in [-0.25, -0.2) is 4.39 Å². The molecule has 0 atom stereocenters. The molecule has 3 nitrogen and oxygen atoms in total. The molecule has 1 fully saturated rings. The number of ether oxygens (including phenoxy) is 1. The second kappa shape index (κ2) is 7.76. The first kappa shape index (κ1) is 16.2. The Morgan fingerprint density at radius 1 is 1.29 bits per heavy atom. The van der Waals surface area contributed by atoms with Gasteiger partial charge in [0, 0.05) is 30.3 Å². The van der Waals surface area contributed by atoms with Gasteiger partial charge in [0.15, 0.2) is 0 Å². The predicted molar refractivity (Wildman–Crippen MR) is 83.9 cm³/mol. The van der Waals surface area contributed by atoms with Gasteiger partial charge in [-0.3, -0.25) is 4.90 Å². The molecule has 4 heteroatoms. The quantitative estimate of drug-likeness (QED) is 0.874. The number of hydrogen-bond acceptors (Lipinski definition) is 3. The van der Waals surface area contributed by atoms with Crippen molar-refractivity contribution in [1.82, 2.24) is 4.90 Å². The number of nitrogens with two attached hydrogens (primary N) is 1. The van der Waals surface area contributed by atoms with Gasteiger partial charge in [-0.15, -0.1) is 0 Å². The summed E-state index contributed by atoms with van der Waals surface area (Å²) < 4.78 is 19.2. The zero-order valence-electron chi connectivity index (χ0n) is 13.1. The van der Waals surface area contributed by atoms with Crippen LogP contribution in [0.15, 0.2) is 18.2 Å². The maximum Gasteiger partial charge on any atom is 0.131 e. The van der Waals surface area contributed by atoms with Crippen molar-refractivity contribution in [2.45, 2.75) is 57.7 Å². The van der Waals surface area contributed by atoms with Crippen molar-refractivity contribution in [3.8, 4) is 5.75 Å². The molecule has 1 aliphatic carbocycles. The zero-order chi connectivity index (χ0) is 15.2. The van der Waals surface area contributed by atoms with Gasteiger partial charge in [0.1, 0.15) is 11.6 Å². The number of hydrogen-bond donors (Lipinski definition) is 1. The summed E-state index contributed by atoms with van der Waals surface area (Å²) >= 11 is 0. The summed E-state index contributed by atoms with van der Waals surface area (Å²) in [5.41, 5.74) is 6.74. The van der Waals surface area contributed by atoms with Crippen molar-refractivity contribution in [3.63, 3.8) is 0 Å². The van der Waals surface area contributed by atoms with Crippen LogP contribution in [0.4, 0.5) is 4.39 Å². The average Bonchev–Trinajstić information content (AvgIpc) is 2.49. The topological polar surface area (TPSA) is 38.5 Å². The molecule has 2 N–H and O–H groups in total. The third-order valence-corrected chi connectivity index (χ3v) is 4.40. The molecule has 0 unspecified atom stereocenters. The van der Waals surface area contributed by atoms with Gasteiger partial charge >= 0.3 is 0 Å². The van der Waals surface area contributed by atoms with Gasteiger partial charge in [-0.2, -0.15) is 0 Å². The second-order valence-corrected chi connectivity index (χ2v) is 6.00. The standard InChI is InChI=1S/C17H27FN2O/c1-3-10-20(15-7-5-14(19)6-8-15)12-13-4-9-16(21-2)11-17(13)18/h4,9,11,14-15H,3,5-8,10,12,19H2,1-2H3. The van der Waals surface area contributed by atoms with Crippen LogP contribution in [0.2, 0.25) is 0 Å². The lowest BCUT2D eigenvalue weighted by Crippen LogP contribution is -2.41. The van der Waals surface area contributed by atoms with E-state index < -0.39 is 0 Å². The van der Waals surface area contributed by atoms with E-state index >= 15 is 0 Å². The molecule has 0 aromatic heterocycles. The molecular weight excluding hydrogens is 267 g/mol. The second-order valence-electron chi connectivity index (χ2n) is 6.00. The molecule has 0 bridgehead atoms. The van der Waals surface area contributed by atoms with E-state index in [0.717, 1.165) is 44.2 Å². The fraction of sp³-hybridized carbons (Fsp3) is 0.647. The zero-order valence-corrected chi connectivity index (χ0v) is 13.1. The van der Waals surface area contributed by atoms with E-state index in [9.17, 15) is 4.39 Å². The van der Waals surface area contributed by atoms with Crippen LogP contribution in [0.3, 0.4) is 0 Å². The SMILES string of the molecule is CCCN(Cc1ccc(OC)cc1F)C1CCC(N)CC1. The van der Waals surface area contributed by atoms with E-state index in [2.05, 4.69) is 11.8 Å². The van der Waals surface area contributed by atoms with Crippen molar-refractivity contribution >= 4 is 0 Å². The lowest BCUT2D eigenvalue weighted by atomic mass is 9.90. The number of nitrogens with zero attached hydrogens (tertiary/aromatic N) is 1. The minimum Gasteiger partial charge on any atom is -0.497 e. The third kappa shape index (κ3) is 4.42. The first-order chi connectivity index (χ1) is 10.1. The Labute approximate surface area is 127 Å². The van der Waals surface area contributed by atoms with Gasteiger partial charge in [-0.05, 0) is 44.7 Å². The molecular formula is C17H27FN2O. The highest BCUT2D eigenvalue weighted by Crippen LogP contribution is 2.25. The Hall–Kier alpha value is -1.13. The first-order valence-electron chi connectivity index (χ1n) is 7.96. The minimum atomic E-state index is -0.178. The molecule has 0 saturated heterocycles. The lowest BCUT2D eigenvalue weighted by Gasteiger charge is -2.36. The summed E-state index contributed by atoms with van der Waals surface area (Å²) in [5, 5.41) is 0. The van der Waals surface area contributed by atoms with E-state index in [1.54, 1.807) is 7.11 Å². The highest BCUT2D eigenvalue weighted by Gasteiger charge is 2.24. The van der Waals surface area contributed by atoms with Gasteiger partial charge in [0.25, 0.3) is 0 Å². The number of halogens is 1. The van der Waals surface area contributed by atoms with Crippen molar-refractivity contribution in [3.05, 3.63) is 29.6 Å².